The molecule has 0 saturated carbocycles. The van der Waals surface area contributed by atoms with E-state index in [-0.39, 0.29) is 24.0 Å². The largest absolute Gasteiger partial charge is 0.361 e. The molecule has 1 rings (SSSR count). The number of halogens is 1. The van der Waals surface area contributed by atoms with Gasteiger partial charge in [0.2, 0.25) is 0 Å². The van der Waals surface area contributed by atoms with Crippen molar-refractivity contribution in [3.8, 4) is 0 Å². The SMILES string of the molecule is CCCCCCC(C)NC(=NCCc1c(C)noc1C)NCC.I. The average molecular weight is 450 g/mol. The van der Waals surface area contributed by atoms with Gasteiger partial charge in [0.25, 0.3) is 0 Å². The van der Waals surface area contributed by atoms with Gasteiger partial charge in [-0.1, -0.05) is 37.8 Å². The first kappa shape index (κ1) is 23.2. The van der Waals surface area contributed by atoms with E-state index in [2.05, 4.69) is 41.6 Å². The Labute approximate surface area is 164 Å². The second kappa shape index (κ2) is 13.5. The number of aromatic nitrogens is 1. The summed E-state index contributed by atoms with van der Waals surface area (Å²) in [4.78, 5) is 4.68. The molecule has 6 heteroatoms. The van der Waals surface area contributed by atoms with Crippen molar-refractivity contribution in [2.45, 2.75) is 79.2 Å². The molecule has 1 aromatic heterocycles. The van der Waals surface area contributed by atoms with Crippen LogP contribution < -0.4 is 10.6 Å². The van der Waals surface area contributed by atoms with Crippen molar-refractivity contribution in [3.63, 3.8) is 0 Å². The molecule has 0 saturated heterocycles. The molecule has 140 valence electrons. The van der Waals surface area contributed by atoms with Crippen molar-refractivity contribution < 1.29 is 4.52 Å². The fraction of sp³-hybridized carbons (Fsp3) is 0.778. The maximum atomic E-state index is 5.20. The minimum absolute atomic E-state index is 0. The predicted molar refractivity (Wildman–Crippen MR) is 112 cm³/mol. The lowest BCUT2D eigenvalue weighted by Crippen LogP contribution is -2.42. The number of nitrogens with one attached hydrogen (secondary N) is 2. The molecule has 0 aliphatic rings. The summed E-state index contributed by atoms with van der Waals surface area (Å²) < 4.78 is 5.20. The molecule has 0 spiro atoms. The Hall–Kier alpha value is -0.790. The summed E-state index contributed by atoms with van der Waals surface area (Å²) in [5, 5.41) is 10.8. The summed E-state index contributed by atoms with van der Waals surface area (Å²) in [6.45, 7) is 12.1. The summed E-state index contributed by atoms with van der Waals surface area (Å²) in [6, 6.07) is 0.448. The molecule has 0 fully saturated rings. The number of aryl methyl sites for hydroxylation is 2. The van der Waals surface area contributed by atoms with Gasteiger partial charge in [-0.15, -0.1) is 24.0 Å². The van der Waals surface area contributed by atoms with Gasteiger partial charge in [0.05, 0.1) is 5.69 Å². The Morgan fingerprint density at radius 2 is 1.96 bits per heavy atom. The standard InChI is InChI=1S/C18H34N4O.HI/c1-6-8-9-10-11-14(3)21-18(19-7-2)20-13-12-17-15(4)22-23-16(17)5;/h14H,6-13H2,1-5H3,(H2,19,20,21);1H. The predicted octanol–water partition coefficient (Wildman–Crippen LogP) is 4.37. The van der Waals surface area contributed by atoms with Crippen LogP contribution in [0.25, 0.3) is 0 Å². The molecule has 0 radical (unpaired) electrons. The zero-order valence-corrected chi connectivity index (χ0v) is 18.3. The highest BCUT2D eigenvalue weighted by Gasteiger charge is 2.09. The van der Waals surface area contributed by atoms with E-state index in [1.807, 2.05) is 13.8 Å². The summed E-state index contributed by atoms with van der Waals surface area (Å²) in [5.74, 6) is 1.81. The second-order valence-electron chi connectivity index (χ2n) is 6.21. The zero-order valence-electron chi connectivity index (χ0n) is 15.9. The number of unbranched alkanes of at least 4 members (excludes halogenated alkanes) is 3. The molecule has 1 heterocycles. The number of nitrogens with zero attached hydrogens (tertiary/aromatic N) is 2. The maximum absolute atomic E-state index is 5.20. The molecular weight excluding hydrogens is 415 g/mol. The van der Waals surface area contributed by atoms with E-state index in [1.54, 1.807) is 0 Å². The van der Waals surface area contributed by atoms with Crippen LogP contribution >= 0.6 is 24.0 Å². The molecular formula is C18H35IN4O. The average Bonchev–Trinajstić information content (AvgIpc) is 2.83. The van der Waals surface area contributed by atoms with E-state index in [1.165, 1.54) is 37.7 Å². The summed E-state index contributed by atoms with van der Waals surface area (Å²) >= 11 is 0. The Morgan fingerprint density at radius 1 is 1.21 bits per heavy atom. The summed E-state index contributed by atoms with van der Waals surface area (Å²) in [6.07, 6.45) is 7.27. The van der Waals surface area contributed by atoms with Gasteiger partial charge in [0.1, 0.15) is 5.76 Å². The van der Waals surface area contributed by atoms with Crippen LogP contribution in [0.2, 0.25) is 0 Å². The minimum atomic E-state index is 0. The van der Waals surface area contributed by atoms with Crippen molar-refractivity contribution in [3.05, 3.63) is 17.0 Å². The molecule has 1 atom stereocenters. The van der Waals surface area contributed by atoms with E-state index in [0.29, 0.717) is 6.04 Å². The van der Waals surface area contributed by atoms with E-state index < -0.39 is 0 Å². The van der Waals surface area contributed by atoms with Crippen LogP contribution in [-0.2, 0) is 6.42 Å². The molecule has 2 N–H and O–H groups in total. The molecule has 5 nitrogen and oxygen atoms in total. The second-order valence-corrected chi connectivity index (χ2v) is 6.21. The van der Waals surface area contributed by atoms with Crippen molar-refractivity contribution in [1.82, 2.24) is 15.8 Å². The van der Waals surface area contributed by atoms with Crippen molar-refractivity contribution in [2.75, 3.05) is 13.1 Å². The summed E-state index contributed by atoms with van der Waals surface area (Å²) in [5.41, 5.74) is 2.15. The lowest BCUT2D eigenvalue weighted by Gasteiger charge is -2.17. The molecule has 24 heavy (non-hydrogen) atoms. The molecule has 0 aliphatic heterocycles. The van der Waals surface area contributed by atoms with Crippen LogP contribution in [0.1, 0.15) is 69.9 Å². The number of guanidine groups is 1. The summed E-state index contributed by atoms with van der Waals surface area (Å²) in [7, 11) is 0. The van der Waals surface area contributed by atoms with Gasteiger partial charge >= 0.3 is 0 Å². The van der Waals surface area contributed by atoms with Gasteiger partial charge in [-0.05, 0) is 40.5 Å². The van der Waals surface area contributed by atoms with E-state index in [4.69, 9.17) is 4.52 Å². The highest BCUT2D eigenvalue weighted by Crippen LogP contribution is 2.12. The third-order valence-electron chi connectivity index (χ3n) is 4.03. The van der Waals surface area contributed by atoms with Crippen LogP contribution in [0.3, 0.4) is 0 Å². The normalized spacial score (nSPS) is 12.6. The molecule has 1 unspecified atom stereocenters. The fourth-order valence-electron chi connectivity index (χ4n) is 2.64. The Bertz CT molecular complexity index is 454. The lowest BCUT2D eigenvalue weighted by atomic mass is 10.1. The van der Waals surface area contributed by atoms with Gasteiger partial charge in [-0.25, -0.2) is 0 Å². The smallest absolute Gasteiger partial charge is 0.191 e. The van der Waals surface area contributed by atoms with Crippen LogP contribution in [-0.4, -0.2) is 30.2 Å². The first-order valence-corrected chi connectivity index (χ1v) is 9.05. The highest BCUT2D eigenvalue weighted by atomic mass is 127. The Balaban J connectivity index is 0.00000529. The van der Waals surface area contributed by atoms with Crippen molar-refractivity contribution >= 4 is 29.9 Å². The number of hydrogen-bond donors (Lipinski definition) is 2. The first-order valence-electron chi connectivity index (χ1n) is 9.05. The first-order chi connectivity index (χ1) is 11.1. The third-order valence-corrected chi connectivity index (χ3v) is 4.03. The zero-order chi connectivity index (χ0) is 17.1. The Kier molecular flexibility index (Phi) is 13.1. The number of aliphatic imine (C=N–C) groups is 1. The monoisotopic (exact) mass is 450 g/mol. The van der Waals surface area contributed by atoms with Crippen molar-refractivity contribution in [2.24, 2.45) is 4.99 Å². The molecule has 1 aromatic rings. The van der Waals surface area contributed by atoms with Crippen LogP contribution in [0.5, 0.6) is 0 Å². The molecule has 0 aromatic carbocycles. The number of hydrogen-bond acceptors (Lipinski definition) is 3. The van der Waals surface area contributed by atoms with Gasteiger partial charge in [0, 0.05) is 24.7 Å². The fourth-order valence-corrected chi connectivity index (χ4v) is 2.64. The van der Waals surface area contributed by atoms with E-state index >= 15 is 0 Å². The van der Waals surface area contributed by atoms with Crippen LogP contribution in [0.15, 0.2) is 9.52 Å². The third kappa shape index (κ3) is 8.89. The molecule has 0 amide bonds. The van der Waals surface area contributed by atoms with Gasteiger partial charge in [0.15, 0.2) is 5.96 Å². The van der Waals surface area contributed by atoms with Crippen LogP contribution in [0, 0.1) is 13.8 Å². The van der Waals surface area contributed by atoms with E-state index in [0.717, 1.165) is 36.9 Å². The molecule has 0 bridgehead atoms. The maximum Gasteiger partial charge on any atom is 0.191 e. The minimum Gasteiger partial charge on any atom is -0.361 e. The van der Waals surface area contributed by atoms with E-state index in [9.17, 15) is 0 Å². The number of rotatable bonds is 10. The van der Waals surface area contributed by atoms with Gasteiger partial charge in [-0.3, -0.25) is 4.99 Å². The molecule has 0 aliphatic carbocycles. The quantitative estimate of drug-likeness (QED) is 0.241. The van der Waals surface area contributed by atoms with Gasteiger partial charge in [-0.2, -0.15) is 0 Å². The van der Waals surface area contributed by atoms with Crippen molar-refractivity contribution in [1.29, 1.82) is 0 Å². The highest BCUT2D eigenvalue weighted by molar-refractivity contribution is 14.0. The Morgan fingerprint density at radius 3 is 2.54 bits per heavy atom. The lowest BCUT2D eigenvalue weighted by molar-refractivity contribution is 0.392. The topological polar surface area (TPSA) is 62.5 Å². The van der Waals surface area contributed by atoms with Gasteiger partial charge < -0.3 is 15.2 Å². The van der Waals surface area contributed by atoms with Crippen LogP contribution in [0.4, 0.5) is 0 Å².